The molecule has 0 bridgehead atoms. The van der Waals surface area contributed by atoms with Crippen molar-refractivity contribution in [3.05, 3.63) is 11.9 Å². The average Bonchev–Trinajstić information content (AvgIpc) is 2.39. The number of aliphatic hydroxyl groups excluding tert-OH is 1. The minimum absolute atomic E-state index is 0.169. The molecule has 0 radical (unpaired) electrons. The van der Waals surface area contributed by atoms with Crippen LogP contribution in [0.25, 0.3) is 0 Å². The van der Waals surface area contributed by atoms with Crippen LogP contribution in [0.1, 0.15) is 31.2 Å². The van der Waals surface area contributed by atoms with E-state index in [1.54, 1.807) is 6.33 Å². The first-order valence-corrected chi connectivity index (χ1v) is 6.63. The second-order valence-corrected chi connectivity index (χ2v) is 4.94. The van der Waals surface area contributed by atoms with Gasteiger partial charge in [0.1, 0.15) is 18.0 Å². The molecule has 2 rings (SSSR count). The van der Waals surface area contributed by atoms with Gasteiger partial charge in [0, 0.05) is 25.1 Å². The first-order chi connectivity index (χ1) is 8.72. The molecule has 0 amide bonds. The van der Waals surface area contributed by atoms with Crippen LogP contribution in [0.2, 0.25) is 0 Å². The zero-order chi connectivity index (χ0) is 13.0. The SMILES string of the molecule is CNc1ncnc(NCC2CCCCC2O)c1C. The molecule has 0 aromatic carbocycles. The monoisotopic (exact) mass is 250 g/mol. The molecule has 1 aliphatic rings. The molecule has 5 heteroatoms. The Balaban J connectivity index is 1.97. The van der Waals surface area contributed by atoms with E-state index in [-0.39, 0.29) is 6.10 Å². The summed E-state index contributed by atoms with van der Waals surface area (Å²) in [6.07, 6.45) is 5.77. The number of rotatable bonds is 4. The van der Waals surface area contributed by atoms with E-state index in [9.17, 15) is 5.11 Å². The van der Waals surface area contributed by atoms with Crippen molar-refractivity contribution >= 4 is 11.6 Å². The molecule has 5 nitrogen and oxygen atoms in total. The Labute approximate surface area is 108 Å². The number of aliphatic hydroxyl groups is 1. The number of hydrogen-bond acceptors (Lipinski definition) is 5. The highest BCUT2D eigenvalue weighted by atomic mass is 16.3. The maximum Gasteiger partial charge on any atom is 0.134 e. The smallest absolute Gasteiger partial charge is 0.134 e. The summed E-state index contributed by atoms with van der Waals surface area (Å²) in [7, 11) is 1.85. The summed E-state index contributed by atoms with van der Waals surface area (Å²) in [4.78, 5) is 8.41. The van der Waals surface area contributed by atoms with Gasteiger partial charge in [-0.3, -0.25) is 0 Å². The Morgan fingerprint density at radius 3 is 2.72 bits per heavy atom. The summed E-state index contributed by atoms with van der Waals surface area (Å²) in [5, 5.41) is 16.3. The quantitative estimate of drug-likeness (QED) is 0.760. The van der Waals surface area contributed by atoms with E-state index in [1.165, 1.54) is 6.42 Å². The number of anilines is 2. The lowest BCUT2D eigenvalue weighted by Gasteiger charge is -2.28. The summed E-state index contributed by atoms with van der Waals surface area (Å²) < 4.78 is 0. The van der Waals surface area contributed by atoms with Crippen LogP contribution >= 0.6 is 0 Å². The maximum atomic E-state index is 9.93. The van der Waals surface area contributed by atoms with Gasteiger partial charge in [0.2, 0.25) is 0 Å². The Hall–Kier alpha value is -1.36. The van der Waals surface area contributed by atoms with Crippen LogP contribution in [0.3, 0.4) is 0 Å². The molecule has 2 atom stereocenters. The fraction of sp³-hybridized carbons (Fsp3) is 0.692. The normalized spacial score (nSPS) is 23.7. The Morgan fingerprint density at radius 2 is 2.00 bits per heavy atom. The number of aromatic nitrogens is 2. The molecule has 0 spiro atoms. The van der Waals surface area contributed by atoms with Crippen LogP contribution in [-0.4, -0.2) is 34.8 Å². The van der Waals surface area contributed by atoms with Crippen molar-refractivity contribution in [2.24, 2.45) is 5.92 Å². The Morgan fingerprint density at radius 1 is 1.28 bits per heavy atom. The summed E-state index contributed by atoms with van der Waals surface area (Å²) >= 11 is 0. The molecule has 0 aliphatic heterocycles. The first kappa shape index (κ1) is 13.1. The van der Waals surface area contributed by atoms with Gasteiger partial charge in [-0.25, -0.2) is 9.97 Å². The number of nitrogens with zero attached hydrogens (tertiary/aromatic N) is 2. The standard InChI is InChI=1S/C13H22N4O/c1-9-12(14-2)16-8-17-13(9)15-7-10-5-3-4-6-11(10)18/h8,10-11,18H,3-7H2,1-2H3,(H2,14,15,16,17). The lowest BCUT2D eigenvalue weighted by Crippen LogP contribution is -2.30. The number of hydrogen-bond donors (Lipinski definition) is 3. The molecular formula is C13H22N4O. The molecule has 1 aromatic heterocycles. The van der Waals surface area contributed by atoms with Crippen molar-refractivity contribution in [3.63, 3.8) is 0 Å². The number of nitrogens with one attached hydrogen (secondary N) is 2. The minimum Gasteiger partial charge on any atom is -0.393 e. The molecule has 18 heavy (non-hydrogen) atoms. The lowest BCUT2D eigenvalue weighted by molar-refractivity contribution is 0.0763. The fourth-order valence-corrected chi connectivity index (χ4v) is 2.53. The van der Waals surface area contributed by atoms with Gasteiger partial charge in [0.15, 0.2) is 0 Å². The van der Waals surface area contributed by atoms with E-state index in [2.05, 4.69) is 20.6 Å². The molecule has 1 saturated carbocycles. The average molecular weight is 250 g/mol. The van der Waals surface area contributed by atoms with Crippen LogP contribution in [-0.2, 0) is 0 Å². The van der Waals surface area contributed by atoms with E-state index < -0.39 is 0 Å². The lowest BCUT2D eigenvalue weighted by atomic mass is 9.86. The van der Waals surface area contributed by atoms with Gasteiger partial charge in [0.25, 0.3) is 0 Å². The zero-order valence-corrected chi connectivity index (χ0v) is 11.1. The van der Waals surface area contributed by atoms with Crippen molar-refractivity contribution in [1.82, 2.24) is 9.97 Å². The summed E-state index contributed by atoms with van der Waals surface area (Å²) in [6.45, 7) is 2.77. The van der Waals surface area contributed by atoms with Crippen molar-refractivity contribution in [1.29, 1.82) is 0 Å². The second kappa shape index (κ2) is 6.00. The second-order valence-electron chi connectivity index (χ2n) is 4.94. The summed E-state index contributed by atoms with van der Waals surface area (Å²) in [5.41, 5.74) is 1.02. The van der Waals surface area contributed by atoms with E-state index in [4.69, 9.17) is 0 Å². The third kappa shape index (κ3) is 2.90. The zero-order valence-electron chi connectivity index (χ0n) is 11.1. The molecule has 0 saturated heterocycles. The predicted molar refractivity (Wildman–Crippen MR) is 72.8 cm³/mol. The fourth-order valence-electron chi connectivity index (χ4n) is 2.53. The van der Waals surface area contributed by atoms with E-state index in [0.717, 1.165) is 43.0 Å². The molecule has 1 fully saturated rings. The first-order valence-electron chi connectivity index (χ1n) is 6.63. The molecule has 1 aliphatic carbocycles. The molecule has 1 heterocycles. The van der Waals surface area contributed by atoms with Crippen molar-refractivity contribution < 1.29 is 5.11 Å². The molecule has 2 unspecified atom stereocenters. The van der Waals surface area contributed by atoms with E-state index in [0.29, 0.717) is 5.92 Å². The van der Waals surface area contributed by atoms with Crippen LogP contribution in [0.4, 0.5) is 11.6 Å². The van der Waals surface area contributed by atoms with Crippen LogP contribution in [0, 0.1) is 12.8 Å². The van der Waals surface area contributed by atoms with Gasteiger partial charge in [-0.1, -0.05) is 12.8 Å². The topological polar surface area (TPSA) is 70.1 Å². The van der Waals surface area contributed by atoms with E-state index >= 15 is 0 Å². The molecule has 3 N–H and O–H groups in total. The minimum atomic E-state index is -0.169. The van der Waals surface area contributed by atoms with Gasteiger partial charge in [-0.15, -0.1) is 0 Å². The van der Waals surface area contributed by atoms with Gasteiger partial charge < -0.3 is 15.7 Å². The third-order valence-corrected chi connectivity index (χ3v) is 3.72. The van der Waals surface area contributed by atoms with Crippen LogP contribution in [0.15, 0.2) is 6.33 Å². The van der Waals surface area contributed by atoms with Gasteiger partial charge >= 0.3 is 0 Å². The Kier molecular flexibility index (Phi) is 4.36. The largest absolute Gasteiger partial charge is 0.393 e. The maximum absolute atomic E-state index is 9.93. The highest BCUT2D eigenvalue weighted by molar-refractivity contribution is 5.56. The molecule has 100 valence electrons. The van der Waals surface area contributed by atoms with E-state index in [1.807, 2.05) is 14.0 Å². The Bertz CT molecular complexity index is 397. The van der Waals surface area contributed by atoms with Gasteiger partial charge in [0.05, 0.1) is 6.10 Å². The highest BCUT2D eigenvalue weighted by Crippen LogP contribution is 2.25. The van der Waals surface area contributed by atoms with Crippen LogP contribution in [0.5, 0.6) is 0 Å². The van der Waals surface area contributed by atoms with Crippen molar-refractivity contribution in [2.75, 3.05) is 24.2 Å². The summed E-state index contributed by atoms with van der Waals surface area (Å²) in [5.74, 6) is 2.04. The van der Waals surface area contributed by atoms with Gasteiger partial charge in [-0.2, -0.15) is 0 Å². The third-order valence-electron chi connectivity index (χ3n) is 3.72. The highest BCUT2D eigenvalue weighted by Gasteiger charge is 2.22. The predicted octanol–water partition coefficient (Wildman–Crippen LogP) is 1.79. The molecular weight excluding hydrogens is 228 g/mol. The molecule has 1 aromatic rings. The van der Waals surface area contributed by atoms with Crippen molar-refractivity contribution in [3.8, 4) is 0 Å². The summed E-state index contributed by atoms with van der Waals surface area (Å²) in [6, 6.07) is 0. The van der Waals surface area contributed by atoms with Crippen molar-refractivity contribution in [2.45, 2.75) is 38.7 Å². The van der Waals surface area contributed by atoms with Gasteiger partial charge in [-0.05, 0) is 19.8 Å². The van der Waals surface area contributed by atoms with Crippen LogP contribution < -0.4 is 10.6 Å².